The minimum Gasteiger partial charge on any atom is -0.478 e. The van der Waals surface area contributed by atoms with Gasteiger partial charge in [0.15, 0.2) is 0 Å². The van der Waals surface area contributed by atoms with Crippen molar-refractivity contribution in [1.29, 1.82) is 0 Å². The summed E-state index contributed by atoms with van der Waals surface area (Å²) in [6.07, 6.45) is 0. The summed E-state index contributed by atoms with van der Waals surface area (Å²) in [6.45, 7) is 0.653. The lowest BCUT2D eigenvalue weighted by Gasteiger charge is -2.21. The van der Waals surface area contributed by atoms with Crippen LogP contribution in [0.2, 0.25) is 0 Å². The van der Waals surface area contributed by atoms with Crippen LogP contribution in [0.25, 0.3) is 0 Å². The highest BCUT2D eigenvalue weighted by Gasteiger charge is 2.10. The van der Waals surface area contributed by atoms with E-state index in [0.717, 1.165) is 10.0 Å². The third kappa shape index (κ3) is 3.30. The van der Waals surface area contributed by atoms with Gasteiger partial charge in [-0.1, -0.05) is 28.1 Å². The monoisotopic (exact) mass is 334 g/mol. The van der Waals surface area contributed by atoms with Crippen molar-refractivity contribution in [3.8, 4) is 0 Å². The number of benzene rings is 2. The number of anilines is 2. The summed E-state index contributed by atoms with van der Waals surface area (Å²) in [5.41, 5.74) is 8.56. The Morgan fingerprint density at radius 1 is 1.25 bits per heavy atom. The van der Waals surface area contributed by atoms with Crippen LogP contribution in [-0.4, -0.2) is 18.1 Å². The van der Waals surface area contributed by atoms with Crippen LogP contribution in [0.4, 0.5) is 11.4 Å². The van der Waals surface area contributed by atoms with Gasteiger partial charge in [0.2, 0.25) is 0 Å². The Bertz CT molecular complexity index is 626. The number of aromatic carboxylic acids is 1. The molecule has 2 aromatic rings. The van der Waals surface area contributed by atoms with E-state index in [9.17, 15) is 4.79 Å². The molecule has 0 aliphatic heterocycles. The van der Waals surface area contributed by atoms with Crippen molar-refractivity contribution in [2.75, 3.05) is 17.7 Å². The van der Waals surface area contributed by atoms with Crippen LogP contribution in [-0.2, 0) is 6.54 Å². The molecule has 0 aromatic heterocycles. The highest BCUT2D eigenvalue weighted by atomic mass is 79.9. The lowest BCUT2D eigenvalue weighted by atomic mass is 10.1. The zero-order chi connectivity index (χ0) is 14.7. The lowest BCUT2D eigenvalue weighted by molar-refractivity contribution is 0.0697. The molecule has 0 saturated carbocycles. The second-order valence-electron chi connectivity index (χ2n) is 4.56. The normalized spacial score (nSPS) is 10.3. The number of hydrogen-bond donors (Lipinski definition) is 2. The van der Waals surface area contributed by atoms with E-state index in [2.05, 4.69) is 15.9 Å². The predicted octanol–water partition coefficient (Wildman–Crippen LogP) is 3.37. The van der Waals surface area contributed by atoms with E-state index in [1.165, 1.54) is 6.07 Å². The van der Waals surface area contributed by atoms with Gasteiger partial charge in [0.1, 0.15) is 0 Å². The van der Waals surface area contributed by atoms with Crippen LogP contribution in [0.3, 0.4) is 0 Å². The molecule has 5 heteroatoms. The Morgan fingerprint density at radius 2 is 1.90 bits per heavy atom. The average Bonchev–Trinajstić information content (AvgIpc) is 2.41. The number of nitrogen functional groups attached to an aromatic ring is 1. The molecule has 0 radical (unpaired) electrons. The molecule has 2 aromatic carbocycles. The van der Waals surface area contributed by atoms with Gasteiger partial charge in [0, 0.05) is 18.1 Å². The minimum absolute atomic E-state index is 0.233. The molecule has 0 atom stereocenters. The van der Waals surface area contributed by atoms with E-state index in [1.54, 1.807) is 12.1 Å². The number of nitrogens with two attached hydrogens (primary N) is 1. The fraction of sp³-hybridized carbons (Fsp3) is 0.133. The standard InChI is InChI=1S/C15H15BrN2O2/c1-18(9-10-2-5-12(16)6-3-10)14-8-11(15(19)20)4-7-13(14)17/h2-8H,9,17H2,1H3,(H,19,20). The SMILES string of the molecule is CN(Cc1ccc(Br)cc1)c1cc(C(=O)O)ccc1N. The van der Waals surface area contributed by atoms with Crippen LogP contribution in [0, 0.1) is 0 Å². The Labute approximate surface area is 126 Å². The first kappa shape index (κ1) is 14.4. The molecule has 0 aliphatic carbocycles. The molecule has 4 nitrogen and oxygen atoms in total. The third-order valence-electron chi connectivity index (χ3n) is 3.02. The fourth-order valence-corrected chi connectivity index (χ4v) is 2.22. The van der Waals surface area contributed by atoms with Gasteiger partial charge in [-0.25, -0.2) is 4.79 Å². The molecule has 0 heterocycles. The van der Waals surface area contributed by atoms with Gasteiger partial charge in [-0.05, 0) is 35.9 Å². The maximum atomic E-state index is 11.0. The number of carboxylic acids is 1. The van der Waals surface area contributed by atoms with Crippen molar-refractivity contribution in [3.05, 3.63) is 58.1 Å². The predicted molar refractivity (Wildman–Crippen MR) is 84.1 cm³/mol. The molecule has 3 N–H and O–H groups in total. The maximum Gasteiger partial charge on any atom is 0.335 e. The first-order chi connectivity index (χ1) is 9.47. The smallest absolute Gasteiger partial charge is 0.335 e. The second-order valence-corrected chi connectivity index (χ2v) is 5.48. The highest BCUT2D eigenvalue weighted by Crippen LogP contribution is 2.25. The maximum absolute atomic E-state index is 11.0. The summed E-state index contributed by atoms with van der Waals surface area (Å²) in [7, 11) is 1.89. The van der Waals surface area contributed by atoms with E-state index in [0.29, 0.717) is 17.9 Å². The average molecular weight is 335 g/mol. The first-order valence-corrected chi connectivity index (χ1v) is 6.85. The molecule has 2 rings (SSSR count). The Hall–Kier alpha value is -2.01. The molecule has 0 amide bonds. The van der Waals surface area contributed by atoms with Crippen molar-refractivity contribution >= 4 is 33.3 Å². The third-order valence-corrected chi connectivity index (χ3v) is 3.55. The molecular weight excluding hydrogens is 320 g/mol. The quantitative estimate of drug-likeness (QED) is 0.841. The summed E-state index contributed by atoms with van der Waals surface area (Å²) in [4.78, 5) is 13.0. The van der Waals surface area contributed by atoms with Crippen LogP contribution < -0.4 is 10.6 Å². The topological polar surface area (TPSA) is 66.6 Å². The van der Waals surface area contributed by atoms with Gasteiger partial charge in [0.25, 0.3) is 0 Å². The van der Waals surface area contributed by atoms with Gasteiger partial charge in [-0.2, -0.15) is 0 Å². The van der Waals surface area contributed by atoms with Crippen LogP contribution in [0.15, 0.2) is 46.9 Å². The number of rotatable bonds is 4. The molecule has 0 unspecified atom stereocenters. The van der Waals surface area contributed by atoms with Crippen molar-refractivity contribution in [1.82, 2.24) is 0 Å². The number of carboxylic acid groups (broad SMARTS) is 1. The van der Waals surface area contributed by atoms with E-state index in [-0.39, 0.29) is 5.56 Å². The van der Waals surface area contributed by atoms with Crippen LogP contribution in [0.1, 0.15) is 15.9 Å². The van der Waals surface area contributed by atoms with Crippen LogP contribution in [0.5, 0.6) is 0 Å². The molecular formula is C15H15BrN2O2. The minimum atomic E-state index is -0.955. The van der Waals surface area contributed by atoms with E-state index >= 15 is 0 Å². The molecule has 0 fully saturated rings. The number of nitrogens with zero attached hydrogens (tertiary/aromatic N) is 1. The van der Waals surface area contributed by atoms with Crippen molar-refractivity contribution < 1.29 is 9.90 Å². The van der Waals surface area contributed by atoms with Gasteiger partial charge in [0.05, 0.1) is 16.9 Å². The second kappa shape index (κ2) is 5.96. The van der Waals surface area contributed by atoms with Gasteiger partial charge in [-0.15, -0.1) is 0 Å². The molecule has 0 spiro atoms. The summed E-state index contributed by atoms with van der Waals surface area (Å²) in [5.74, 6) is -0.955. The summed E-state index contributed by atoms with van der Waals surface area (Å²) in [5, 5.41) is 9.04. The van der Waals surface area contributed by atoms with Gasteiger partial charge < -0.3 is 15.7 Å². The molecule has 0 aliphatic rings. The first-order valence-electron chi connectivity index (χ1n) is 6.06. The van der Waals surface area contributed by atoms with Gasteiger partial charge >= 0.3 is 5.97 Å². The summed E-state index contributed by atoms with van der Waals surface area (Å²) in [6, 6.07) is 12.7. The Morgan fingerprint density at radius 3 is 2.50 bits per heavy atom. The number of halogens is 1. The van der Waals surface area contributed by atoms with Gasteiger partial charge in [-0.3, -0.25) is 0 Å². The van der Waals surface area contributed by atoms with E-state index in [1.807, 2.05) is 36.2 Å². The number of hydrogen-bond acceptors (Lipinski definition) is 3. The molecule has 104 valence electrons. The fourth-order valence-electron chi connectivity index (χ4n) is 1.96. The number of carbonyl (C=O) groups is 1. The van der Waals surface area contributed by atoms with Crippen molar-refractivity contribution in [3.63, 3.8) is 0 Å². The summed E-state index contributed by atoms with van der Waals surface area (Å²) < 4.78 is 1.02. The van der Waals surface area contributed by atoms with E-state index < -0.39 is 5.97 Å². The molecule has 0 bridgehead atoms. The van der Waals surface area contributed by atoms with E-state index in [4.69, 9.17) is 10.8 Å². The Balaban J connectivity index is 2.24. The van der Waals surface area contributed by atoms with Crippen LogP contribution >= 0.6 is 15.9 Å². The molecule has 0 saturated heterocycles. The zero-order valence-corrected chi connectivity index (χ0v) is 12.6. The highest BCUT2D eigenvalue weighted by molar-refractivity contribution is 9.10. The Kier molecular flexibility index (Phi) is 4.29. The zero-order valence-electron chi connectivity index (χ0n) is 11.0. The summed E-state index contributed by atoms with van der Waals surface area (Å²) >= 11 is 3.39. The molecule has 20 heavy (non-hydrogen) atoms. The largest absolute Gasteiger partial charge is 0.478 e. The lowest BCUT2D eigenvalue weighted by Crippen LogP contribution is -2.18. The van der Waals surface area contributed by atoms with Crippen molar-refractivity contribution in [2.45, 2.75) is 6.54 Å². The van der Waals surface area contributed by atoms with Crippen molar-refractivity contribution in [2.24, 2.45) is 0 Å².